The predicted molar refractivity (Wildman–Crippen MR) is 76.6 cm³/mol. The van der Waals surface area contributed by atoms with Crippen LogP contribution in [0.25, 0.3) is 22.6 Å². The number of nitrogens with zero attached hydrogens (tertiary/aromatic N) is 2. The Bertz CT molecular complexity index is 878. The molecule has 0 saturated carbocycles. The van der Waals surface area contributed by atoms with Gasteiger partial charge in [0, 0.05) is 17.8 Å². The molecule has 1 aliphatic heterocycles. The van der Waals surface area contributed by atoms with Crippen molar-refractivity contribution in [3.63, 3.8) is 0 Å². The summed E-state index contributed by atoms with van der Waals surface area (Å²) in [5.41, 5.74) is 9.19. The standard InChI is InChI=1S/C13H12N6O/c14-13-18-11-9(12(20)19-13)16-10(17-11)7-2-1-6-3-4-15-8(6)5-7/h1-2,5,15H,3-4H2,(H4,14,16,17,18,19,20). The molecule has 3 aromatic rings. The van der Waals surface area contributed by atoms with Gasteiger partial charge in [-0.25, -0.2) is 4.98 Å². The highest BCUT2D eigenvalue weighted by atomic mass is 16.1. The number of nitrogen functional groups attached to an aromatic ring is 1. The first-order chi connectivity index (χ1) is 9.70. The Balaban J connectivity index is 1.90. The number of rotatable bonds is 1. The normalized spacial score (nSPS) is 13.4. The molecule has 0 amide bonds. The van der Waals surface area contributed by atoms with Crippen molar-refractivity contribution < 1.29 is 0 Å². The Morgan fingerprint density at radius 3 is 3.00 bits per heavy atom. The number of aromatic amines is 2. The van der Waals surface area contributed by atoms with Crippen LogP contribution in [-0.4, -0.2) is 26.5 Å². The summed E-state index contributed by atoms with van der Waals surface area (Å²) in [7, 11) is 0. The largest absolute Gasteiger partial charge is 0.384 e. The van der Waals surface area contributed by atoms with Gasteiger partial charge in [-0.2, -0.15) is 4.98 Å². The van der Waals surface area contributed by atoms with Gasteiger partial charge in [-0.05, 0) is 18.1 Å². The van der Waals surface area contributed by atoms with Gasteiger partial charge in [0.1, 0.15) is 5.82 Å². The molecule has 20 heavy (non-hydrogen) atoms. The van der Waals surface area contributed by atoms with E-state index in [0.717, 1.165) is 24.2 Å². The van der Waals surface area contributed by atoms with Gasteiger partial charge in [0.2, 0.25) is 5.95 Å². The van der Waals surface area contributed by atoms with Gasteiger partial charge in [-0.1, -0.05) is 12.1 Å². The molecule has 0 saturated heterocycles. The number of imidazole rings is 1. The van der Waals surface area contributed by atoms with E-state index in [1.165, 1.54) is 5.56 Å². The van der Waals surface area contributed by atoms with Crippen LogP contribution in [0.5, 0.6) is 0 Å². The lowest BCUT2D eigenvalue weighted by atomic mass is 10.1. The van der Waals surface area contributed by atoms with Crippen LogP contribution in [0.2, 0.25) is 0 Å². The Morgan fingerprint density at radius 1 is 1.20 bits per heavy atom. The third kappa shape index (κ3) is 1.56. The number of benzene rings is 1. The molecule has 3 heterocycles. The molecule has 4 rings (SSSR count). The highest BCUT2D eigenvalue weighted by Crippen LogP contribution is 2.28. The summed E-state index contributed by atoms with van der Waals surface area (Å²) in [5, 5.41) is 3.32. The monoisotopic (exact) mass is 268 g/mol. The quantitative estimate of drug-likeness (QED) is 0.523. The van der Waals surface area contributed by atoms with Crippen LogP contribution >= 0.6 is 0 Å². The zero-order chi connectivity index (χ0) is 13.7. The van der Waals surface area contributed by atoms with Crippen LogP contribution in [-0.2, 0) is 6.42 Å². The van der Waals surface area contributed by atoms with Crippen molar-refractivity contribution in [1.29, 1.82) is 0 Å². The number of hydrogen-bond donors (Lipinski definition) is 4. The summed E-state index contributed by atoms with van der Waals surface area (Å²) in [4.78, 5) is 25.6. The molecule has 7 heteroatoms. The van der Waals surface area contributed by atoms with Crippen LogP contribution in [0.3, 0.4) is 0 Å². The Labute approximate surface area is 113 Å². The summed E-state index contributed by atoms with van der Waals surface area (Å²) in [6.07, 6.45) is 1.04. The number of fused-ring (bicyclic) bond motifs is 2. The van der Waals surface area contributed by atoms with Gasteiger partial charge >= 0.3 is 0 Å². The van der Waals surface area contributed by atoms with Gasteiger partial charge < -0.3 is 16.0 Å². The lowest BCUT2D eigenvalue weighted by molar-refractivity contribution is 1.11. The fourth-order valence-corrected chi connectivity index (χ4v) is 2.50. The summed E-state index contributed by atoms with van der Waals surface area (Å²) in [6.45, 7) is 0.955. The van der Waals surface area contributed by atoms with Gasteiger partial charge in [0.25, 0.3) is 5.56 Å². The van der Waals surface area contributed by atoms with Crippen molar-refractivity contribution in [2.24, 2.45) is 0 Å². The second-order valence-electron chi connectivity index (χ2n) is 4.78. The number of hydrogen-bond acceptors (Lipinski definition) is 5. The lowest BCUT2D eigenvalue weighted by Gasteiger charge is -2.02. The molecule has 1 aromatic carbocycles. The maximum absolute atomic E-state index is 11.8. The zero-order valence-corrected chi connectivity index (χ0v) is 10.5. The highest BCUT2D eigenvalue weighted by molar-refractivity contribution is 5.77. The number of aromatic nitrogens is 4. The van der Waals surface area contributed by atoms with E-state index in [4.69, 9.17) is 5.73 Å². The fraction of sp³-hybridized carbons (Fsp3) is 0.154. The zero-order valence-electron chi connectivity index (χ0n) is 10.5. The molecular weight excluding hydrogens is 256 g/mol. The first kappa shape index (κ1) is 11.0. The topological polar surface area (TPSA) is 112 Å². The molecule has 0 atom stereocenters. The van der Waals surface area contributed by atoms with E-state index in [-0.39, 0.29) is 11.5 Å². The lowest BCUT2D eigenvalue weighted by Crippen LogP contribution is -2.10. The van der Waals surface area contributed by atoms with Crippen LogP contribution in [0, 0.1) is 0 Å². The molecule has 5 N–H and O–H groups in total. The Hall–Kier alpha value is -2.83. The molecule has 2 aromatic heterocycles. The van der Waals surface area contributed by atoms with Crippen molar-refractivity contribution in [2.75, 3.05) is 17.6 Å². The van der Waals surface area contributed by atoms with Crippen LogP contribution in [0.1, 0.15) is 5.56 Å². The maximum Gasteiger partial charge on any atom is 0.278 e. The van der Waals surface area contributed by atoms with Crippen LogP contribution in [0.4, 0.5) is 11.6 Å². The maximum atomic E-state index is 11.8. The predicted octanol–water partition coefficient (Wildman–Crippen LogP) is 0.863. The van der Waals surface area contributed by atoms with Gasteiger partial charge in [0.05, 0.1) is 0 Å². The van der Waals surface area contributed by atoms with Crippen molar-refractivity contribution in [3.8, 4) is 11.4 Å². The van der Waals surface area contributed by atoms with E-state index in [1.807, 2.05) is 12.1 Å². The van der Waals surface area contributed by atoms with Gasteiger partial charge in [0.15, 0.2) is 11.2 Å². The van der Waals surface area contributed by atoms with Crippen LogP contribution < -0.4 is 16.6 Å². The first-order valence-electron chi connectivity index (χ1n) is 6.33. The second-order valence-corrected chi connectivity index (χ2v) is 4.78. The minimum absolute atomic E-state index is 0.0659. The van der Waals surface area contributed by atoms with E-state index in [1.54, 1.807) is 0 Å². The van der Waals surface area contributed by atoms with E-state index in [0.29, 0.717) is 17.0 Å². The molecule has 100 valence electrons. The third-order valence-corrected chi connectivity index (χ3v) is 3.47. The molecule has 0 radical (unpaired) electrons. The van der Waals surface area contributed by atoms with Gasteiger partial charge in [-0.3, -0.25) is 9.78 Å². The molecule has 0 aliphatic carbocycles. The van der Waals surface area contributed by atoms with Gasteiger partial charge in [-0.15, -0.1) is 0 Å². The summed E-state index contributed by atoms with van der Waals surface area (Å²) >= 11 is 0. The molecule has 0 bridgehead atoms. The molecule has 0 fully saturated rings. The van der Waals surface area contributed by atoms with E-state index in [2.05, 4.69) is 31.3 Å². The molecular formula is C13H12N6O. The summed E-state index contributed by atoms with van der Waals surface area (Å²) in [6, 6.07) is 6.09. The average Bonchev–Trinajstić information content (AvgIpc) is 3.03. The minimum Gasteiger partial charge on any atom is -0.384 e. The average molecular weight is 268 g/mol. The van der Waals surface area contributed by atoms with Crippen molar-refractivity contribution in [1.82, 2.24) is 19.9 Å². The third-order valence-electron chi connectivity index (χ3n) is 3.47. The first-order valence-corrected chi connectivity index (χ1v) is 6.33. The van der Waals surface area contributed by atoms with E-state index >= 15 is 0 Å². The van der Waals surface area contributed by atoms with Crippen molar-refractivity contribution >= 4 is 22.8 Å². The smallest absolute Gasteiger partial charge is 0.278 e. The van der Waals surface area contributed by atoms with E-state index < -0.39 is 0 Å². The number of H-pyrrole nitrogens is 2. The molecule has 1 aliphatic rings. The molecule has 0 unspecified atom stereocenters. The van der Waals surface area contributed by atoms with Crippen molar-refractivity contribution in [3.05, 3.63) is 34.1 Å². The van der Waals surface area contributed by atoms with Crippen LogP contribution in [0.15, 0.2) is 23.0 Å². The number of nitrogens with two attached hydrogens (primary N) is 1. The minimum atomic E-state index is -0.314. The number of nitrogens with one attached hydrogen (secondary N) is 3. The fourth-order valence-electron chi connectivity index (χ4n) is 2.50. The Kier molecular flexibility index (Phi) is 2.11. The SMILES string of the molecule is Nc1nc2nc(-c3ccc4c(c3)NCC4)[nH]c2c(=O)[nH]1. The van der Waals surface area contributed by atoms with E-state index in [9.17, 15) is 4.79 Å². The number of anilines is 2. The molecule has 7 nitrogen and oxygen atoms in total. The molecule has 0 spiro atoms. The highest BCUT2D eigenvalue weighted by Gasteiger charge is 2.14. The Morgan fingerprint density at radius 2 is 2.10 bits per heavy atom. The second kappa shape index (κ2) is 3.83. The summed E-state index contributed by atoms with van der Waals surface area (Å²) < 4.78 is 0. The van der Waals surface area contributed by atoms with Crippen molar-refractivity contribution in [2.45, 2.75) is 6.42 Å². The summed E-state index contributed by atoms with van der Waals surface area (Å²) in [5.74, 6) is 0.677.